The largest absolute Gasteiger partial charge is 0.790 e. The average Bonchev–Trinajstić information content (AvgIpc) is 3.78. The maximum Gasteiger partial charge on any atom is 0.274 e. The fourth-order valence-corrected chi connectivity index (χ4v) is 9.73. The summed E-state index contributed by atoms with van der Waals surface area (Å²) in [5.41, 5.74) is 3.99. The highest BCUT2D eigenvalue weighted by Gasteiger charge is 2.47. The number of fused-ring (bicyclic) bond motifs is 1. The number of nitrogens with two attached hydrogens (primary N) is 1. The Morgan fingerprint density at radius 2 is 1.69 bits per heavy atom. The molecule has 4 heterocycles. The molecule has 0 aromatic carbocycles. The van der Waals surface area contributed by atoms with E-state index in [2.05, 4.69) is 43.5 Å². The van der Waals surface area contributed by atoms with Gasteiger partial charge in [0.2, 0.25) is 11.8 Å². The minimum Gasteiger partial charge on any atom is -0.790 e. The smallest absolute Gasteiger partial charge is 0.274 e. The van der Waals surface area contributed by atoms with E-state index in [-0.39, 0.29) is 73.7 Å². The molecule has 29 nitrogen and oxygen atoms in total. The second-order valence-electron chi connectivity index (χ2n) is 16.0. The van der Waals surface area contributed by atoms with Gasteiger partial charge in [-0.05, 0) is 20.3 Å². The Morgan fingerprint density at radius 3 is 2.37 bits per heavy atom. The third-order valence-corrected chi connectivity index (χ3v) is 13.9. The topological polar surface area (TPSA) is 451 Å². The van der Waals surface area contributed by atoms with Gasteiger partial charge in [-0.25, -0.2) is 19.3 Å². The summed E-state index contributed by atoms with van der Waals surface area (Å²) in [5.74, 6) is -1.93. The number of aromatic nitrogens is 4. The molecule has 8 N–H and O–H groups in total. The Balaban J connectivity index is 1.13. The number of anilines is 1. The summed E-state index contributed by atoms with van der Waals surface area (Å²) in [6.45, 7) is 3.05. The Kier molecular flexibility index (Phi) is 20.5. The molecule has 2 saturated heterocycles. The standard InChI is InChI=1S/C34H56N7O22P3S/c1-17(59-33-21(44)12-20(43)18(2)60-33)5-6-19(42)11-24(46)67-10-9-36-23(45)7-8-37-31(49)28(48)34(3,4)14-58-66(55,56)63-65(53,54)57-13-22-27(62-64(50,51)52)26(47)32(61-22)41-16-40-25-29(35)38-15-39-30(25)41/h15-18,20-22,26-28,32-33,43-44,47-48H,5-14H2,1-4H3,(H,36,45)(H,37,49)(H,53,54)(H,55,56)(H2,35,38,39)(H2,50,51,52)/p-4/t17-,18+,20-,21-,22-,26-,27-,28+,32-,33-/m1/s1. The third kappa shape index (κ3) is 17.5. The van der Waals surface area contributed by atoms with Gasteiger partial charge >= 0.3 is 0 Å². The molecule has 12 atom stereocenters. The number of amides is 2. The number of imidazole rings is 1. The number of rotatable bonds is 26. The first-order valence-corrected chi connectivity index (χ1v) is 25.6. The minimum atomic E-state index is -5.95. The van der Waals surface area contributed by atoms with Crippen molar-refractivity contribution in [3.8, 4) is 0 Å². The van der Waals surface area contributed by atoms with Crippen LogP contribution in [0.15, 0.2) is 12.7 Å². The Morgan fingerprint density at radius 1 is 1.00 bits per heavy atom. The first kappa shape index (κ1) is 56.7. The molecule has 0 saturated carbocycles. The average molecular weight is 1040 g/mol. The maximum atomic E-state index is 12.6. The van der Waals surface area contributed by atoms with Gasteiger partial charge < -0.3 is 88.7 Å². The molecule has 2 fully saturated rings. The molecule has 0 radical (unpaired) electrons. The predicted octanol–water partition coefficient (Wildman–Crippen LogP) is -3.86. The van der Waals surface area contributed by atoms with E-state index in [9.17, 15) is 72.9 Å². The third-order valence-electron chi connectivity index (χ3n) is 9.97. The zero-order valence-corrected chi connectivity index (χ0v) is 39.8. The lowest BCUT2D eigenvalue weighted by Crippen LogP contribution is -2.48. The van der Waals surface area contributed by atoms with Crippen molar-refractivity contribution in [2.45, 2.75) is 121 Å². The highest BCUT2D eigenvalue weighted by molar-refractivity contribution is 8.13. The molecule has 33 heteroatoms. The SMILES string of the molecule is C[C@H](CCC(=O)CC(=O)SCCNC(=O)CCNC(=O)[C@H](O)C(C)(C)COP(=O)([O-])OP(=O)([O-])OC[C@H]1O[C@@H](n2cnc3c(N)ncnc32)[C@H](O)[C@@H]1OP(=O)([O-])[O-])O[C@@H]1O[C@@H](C)[C@H](O)C[C@H]1O. The van der Waals surface area contributed by atoms with Crippen LogP contribution in [0.25, 0.3) is 11.2 Å². The van der Waals surface area contributed by atoms with Crippen LogP contribution in [0.1, 0.15) is 66.0 Å². The van der Waals surface area contributed by atoms with Crippen LogP contribution >= 0.6 is 35.2 Å². The fourth-order valence-electron chi connectivity index (χ4n) is 6.30. The number of ether oxygens (including phenoxy) is 3. The molecule has 67 heavy (non-hydrogen) atoms. The van der Waals surface area contributed by atoms with Gasteiger partial charge in [0.1, 0.15) is 48.1 Å². The van der Waals surface area contributed by atoms with Crippen LogP contribution in [0.2, 0.25) is 0 Å². The van der Waals surface area contributed by atoms with E-state index in [0.29, 0.717) is 0 Å². The second-order valence-corrected chi connectivity index (χ2v) is 21.2. The molecule has 4 rings (SSSR count). The summed E-state index contributed by atoms with van der Waals surface area (Å²) in [4.78, 5) is 109. The lowest BCUT2D eigenvalue weighted by Gasteiger charge is -2.36. The van der Waals surface area contributed by atoms with Crippen molar-refractivity contribution in [1.82, 2.24) is 30.2 Å². The Hall–Kier alpha value is -2.93. The quantitative estimate of drug-likeness (QED) is 0.0269. The van der Waals surface area contributed by atoms with Crippen molar-refractivity contribution in [3.63, 3.8) is 0 Å². The molecule has 2 aromatic rings. The van der Waals surface area contributed by atoms with E-state index in [4.69, 9.17) is 19.9 Å². The van der Waals surface area contributed by atoms with Crippen molar-refractivity contribution in [3.05, 3.63) is 12.7 Å². The first-order valence-electron chi connectivity index (χ1n) is 20.2. The normalized spacial score (nSPS) is 26.3. The number of nitrogens with one attached hydrogen (secondary N) is 2. The van der Waals surface area contributed by atoms with E-state index in [1.54, 1.807) is 13.8 Å². The molecule has 2 aromatic heterocycles. The van der Waals surface area contributed by atoms with Crippen molar-refractivity contribution in [2.24, 2.45) is 5.41 Å². The molecule has 380 valence electrons. The number of nitrogen functional groups attached to an aromatic ring is 1. The second kappa shape index (κ2) is 24.3. The predicted molar refractivity (Wildman–Crippen MR) is 219 cm³/mol. The number of thioether (sulfide) groups is 1. The Labute approximate surface area is 386 Å². The lowest BCUT2D eigenvalue weighted by atomic mass is 9.87. The highest BCUT2D eigenvalue weighted by Crippen LogP contribution is 2.56. The molecule has 0 bridgehead atoms. The van der Waals surface area contributed by atoms with Crippen LogP contribution in [0.3, 0.4) is 0 Å². The summed E-state index contributed by atoms with van der Waals surface area (Å²) >= 11 is 0.821. The summed E-state index contributed by atoms with van der Waals surface area (Å²) in [6, 6.07) is 0. The molecule has 2 amide bonds. The highest BCUT2D eigenvalue weighted by atomic mass is 32.2. The van der Waals surface area contributed by atoms with Gasteiger partial charge in [0.05, 0.1) is 52.1 Å². The summed E-state index contributed by atoms with van der Waals surface area (Å²) in [7, 11) is -17.7. The van der Waals surface area contributed by atoms with Crippen molar-refractivity contribution >= 4 is 74.9 Å². The van der Waals surface area contributed by atoms with Crippen LogP contribution in [0.5, 0.6) is 0 Å². The van der Waals surface area contributed by atoms with Gasteiger partial charge in [0.25, 0.3) is 15.6 Å². The zero-order valence-electron chi connectivity index (χ0n) is 36.3. The van der Waals surface area contributed by atoms with Gasteiger partial charge in [-0.2, -0.15) is 0 Å². The summed E-state index contributed by atoms with van der Waals surface area (Å²) in [5, 5.41) is 45.6. The summed E-state index contributed by atoms with van der Waals surface area (Å²) < 4.78 is 71.8. The Bertz CT molecular complexity index is 2190. The molecule has 0 aliphatic carbocycles. The van der Waals surface area contributed by atoms with Crippen molar-refractivity contribution < 1.29 is 105 Å². The van der Waals surface area contributed by atoms with E-state index < -0.39 is 120 Å². The molecular weight excluding hydrogens is 983 g/mol. The number of carbonyl (C=O) groups is 4. The number of aliphatic hydroxyl groups excluding tert-OH is 4. The van der Waals surface area contributed by atoms with Crippen LogP contribution in [-0.2, 0) is 65.0 Å². The number of hydrogen-bond donors (Lipinski definition) is 7. The minimum absolute atomic E-state index is 0.0278. The van der Waals surface area contributed by atoms with E-state index >= 15 is 0 Å². The first-order chi connectivity index (χ1) is 31.1. The molecule has 0 spiro atoms. The molecular formula is C34H52N7O22P3S-4. The van der Waals surface area contributed by atoms with Crippen molar-refractivity contribution in [2.75, 3.05) is 37.8 Å². The van der Waals surface area contributed by atoms with Crippen molar-refractivity contribution in [1.29, 1.82) is 0 Å². The molecule has 2 aliphatic rings. The molecule has 2 aliphatic heterocycles. The van der Waals surface area contributed by atoms with Gasteiger partial charge in [0, 0.05) is 43.5 Å². The lowest BCUT2D eigenvalue weighted by molar-refractivity contribution is -0.347. The number of ketones is 1. The number of nitrogens with zero attached hydrogens (tertiary/aromatic N) is 4. The van der Waals surface area contributed by atoms with Crippen LogP contribution in [0.4, 0.5) is 5.82 Å². The zero-order chi connectivity index (χ0) is 50.1. The number of hydrogen-bond acceptors (Lipinski definition) is 27. The number of phosphoric acid groups is 3. The van der Waals surface area contributed by atoms with Gasteiger partial charge in [-0.1, -0.05) is 25.6 Å². The monoisotopic (exact) mass is 1040 g/mol. The number of carbonyl (C=O) groups excluding carboxylic acids is 4. The van der Waals surface area contributed by atoms with Crippen LogP contribution in [-0.4, -0.2) is 150 Å². The van der Waals surface area contributed by atoms with Crippen LogP contribution in [0, 0.1) is 5.41 Å². The number of phosphoric ester groups is 3. The van der Waals surface area contributed by atoms with Gasteiger partial charge in [-0.3, -0.25) is 32.9 Å². The maximum absolute atomic E-state index is 12.6. The number of aliphatic hydroxyl groups is 4. The van der Waals surface area contributed by atoms with Gasteiger partial charge in [0.15, 0.2) is 29.1 Å². The molecule has 2 unspecified atom stereocenters. The van der Waals surface area contributed by atoms with Gasteiger partial charge in [-0.15, -0.1) is 0 Å². The van der Waals surface area contributed by atoms with E-state index in [1.165, 1.54) is 13.8 Å². The number of Topliss-reactive ketones (excluding diaryl/α,β-unsaturated/α-hetero) is 1. The van der Waals surface area contributed by atoms with E-state index in [1.807, 2.05) is 0 Å². The van der Waals surface area contributed by atoms with Crippen LogP contribution < -0.4 is 35.9 Å². The fraction of sp³-hybridized carbons (Fsp3) is 0.735. The van der Waals surface area contributed by atoms with E-state index in [0.717, 1.165) is 29.0 Å². The summed E-state index contributed by atoms with van der Waals surface area (Å²) in [6.07, 6.45) is -11.7.